The molecule has 1 aromatic carbocycles. The van der Waals surface area contributed by atoms with Crippen molar-refractivity contribution in [3.05, 3.63) is 35.4 Å². The molecule has 2 atom stereocenters. The zero-order chi connectivity index (χ0) is 13.0. The summed E-state index contributed by atoms with van der Waals surface area (Å²) in [6.07, 6.45) is 0. The van der Waals surface area contributed by atoms with Gasteiger partial charge in [-0.05, 0) is 35.9 Å². The van der Waals surface area contributed by atoms with Crippen LogP contribution in [0.5, 0.6) is 0 Å². The summed E-state index contributed by atoms with van der Waals surface area (Å²) in [4.78, 5) is 0. The third-order valence-corrected chi connectivity index (χ3v) is 3.85. The lowest BCUT2D eigenvalue weighted by molar-refractivity contribution is 0.317. The highest BCUT2D eigenvalue weighted by Gasteiger charge is 2.20. The normalized spacial score (nSPS) is 15.3. The molecule has 0 bridgehead atoms. The van der Waals surface area contributed by atoms with Crippen LogP contribution in [0.15, 0.2) is 24.3 Å². The van der Waals surface area contributed by atoms with Crippen LogP contribution in [-0.4, -0.2) is 7.05 Å². The van der Waals surface area contributed by atoms with Gasteiger partial charge < -0.3 is 5.32 Å². The van der Waals surface area contributed by atoms with Gasteiger partial charge in [0.05, 0.1) is 0 Å². The minimum atomic E-state index is 0.455. The molecule has 0 heterocycles. The van der Waals surface area contributed by atoms with Crippen LogP contribution in [0.25, 0.3) is 0 Å². The van der Waals surface area contributed by atoms with Gasteiger partial charge in [0.2, 0.25) is 0 Å². The molecule has 0 aliphatic rings. The van der Waals surface area contributed by atoms with E-state index in [0.717, 1.165) is 0 Å². The Labute approximate surface area is 107 Å². The van der Waals surface area contributed by atoms with E-state index in [2.05, 4.69) is 71.2 Å². The van der Waals surface area contributed by atoms with Crippen LogP contribution in [0.4, 0.5) is 0 Å². The lowest BCUT2D eigenvalue weighted by Gasteiger charge is -2.27. The average molecular weight is 233 g/mol. The van der Waals surface area contributed by atoms with Crippen LogP contribution in [0.1, 0.15) is 57.7 Å². The molecular weight excluding hydrogens is 206 g/mol. The minimum Gasteiger partial charge on any atom is -0.313 e. The molecule has 0 spiro atoms. The highest BCUT2D eigenvalue weighted by atomic mass is 14.9. The largest absolute Gasteiger partial charge is 0.313 e. The van der Waals surface area contributed by atoms with E-state index in [1.165, 1.54) is 11.1 Å². The van der Waals surface area contributed by atoms with Crippen molar-refractivity contribution < 1.29 is 0 Å². The Morgan fingerprint density at radius 2 is 1.29 bits per heavy atom. The van der Waals surface area contributed by atoms with Crippen LogP contribution in [0.2, 0.25) is 0 Å². The lowest BCUT2D eigenvalue weighted by atomic mass is 9.85. The van der Waals surface area contributed by atoms with Crippen LogP contribution < -0.4 is 5.32 Å². The average Bonchev–Trinajstić information content (AvgIpc) is 2.30. The molecule has 1 heteroatoms. The van der Waals surface area contributed by atoms with Crippen molar-refractivity contribution in [2.24, 2.45) is 11.8 Å². The van der Waals surface area contributed by atoms with Crippen molar-refractivity contribution in [3.63, 3.8) is 0 Å². The van der Waals surface area contributed by atoms with Crippen molar-refractivity contribution >= 4 is 0 Å². The molecule has 0 radical (unpaired) electrons. The highest BCUT2D eigenvalue weighted by Crippen LogP contribution is 2.28. The predicted molar refractivity (Wildman–Crippen MR) is 76.3 cm³/mol. The van der Waals surface area contributed by atoms with Gasteiger partial charge in [0.15, 0.2) is 0 Å². The standard InChI is InChI=1S/C16H27N/c1-11(2)13(5)16(17-6)15-9-7-14(8-10-15)12(3)4/h7-13,16-17H,1-6H3. The van der Waals surface area contributed by atoms with Gasteiger partial charge in [0.1, 0.15) is 0 Å². The lowest BCUT2D eigenvalue weighted by Crippen LogP contribution is -2.26. The maximum atomic E-state index is 3.45. The van der Waals surface area contributed by atoms with E-state index >= 15 is 0 Å². The van der Waals surface area contributed by atoms with E-state index in [-0.39, 0.29) is 0 Å². The molecule has 0 saturated carbocycles. The second-order valence-electron chi connectivity index (χ2n) is 5.69. The summed E-state index contributed by atoms with van der Waals surface area (Å²) in [6.45, 7) is 11.4. The highest BCUT2D eigenvalue weighted by molar-refractivity contribution is 5.27. The fraction of sp³-hybridized carbons (Fsp3) is 0.625. The van der Waals surface area contributed by atoms with E-state index in [4.69, 9.17) is 0 Å². The summed E-state index contributed by atoms with van der Waals surface area (Å²) in [7, 11) is 2.06. The fourth-order valence-corrected chi connectivity index (χ4v) is 2.21. The molecule has 0 aromatic heterocycles. The Balaban J connectivity index is 2.89. The number of hydrogen-bond donors (Lipinski definition) is 1. The molecule has 17 heavy (non-hydrogen) atoms. The molecule has 0 aliphatic carbocycles. The second-order valence-corrected chi connectivity index (χ2v) is 5.69. The Morgan fingerprint density at radius 3 is 1.65 bits per heavy atom. The molecule has 0 aliphatic heterocycles. The van der Waals surface area contributed by atoms with E-state index in [1.54, 1.807) is 0 Å². The summed E-state index contributed by atoms with van der Waals surface area (Å²) >= 11 is 0. The van der Waals surface area contributed by atoms with Crippen LogP contribution in [-0.2, 0) is 0 Å². The zero-order valence-electron chi connectivity index (χ0n) is 12.1. The van der Waals surface area contributed by atoms with Crippen molar-refractivity contribution in [3.8, 4) is 0 Å². The monoisotopic (exact) mass is 233 g/mol. The van der Waals surface area contributed by atoms with Crippen molar-refractivity contribution in [2.75, 3.05) is 7.05 Å². The topological polar surface area (TPSA) is 12.0 Å². The summed E-state index contributed by atoms with van der Waals surface area (Å²) < 4.78 is 0. The maximum absolute atomic E-state index is 3.45. The smallest absolute Gasteiger partial charge is 0.0345 e. The minimum absolute atomic E-state index is 0.455. The SMILES string of the molecule is CNC(c1ccc(C(C)C)cc1)C(C)C(C)C. The van der Waals surface area contributed by atoms with Gasteiger partial charge in [-0.2, -0.15) is 0 Å². The van der Waals surface area contributed by atoms with Gasteiger partial charge in [0.25, 0.3) is 0 Å². The van der Waals surface area contributed by atoms with E-state index in [0.29, 0.717) is 23.8 Å². The molecule has 2 unspecified atom stereocenters. The van der Waals surface area contributed by atoms with Crippen LogP contribution >= 0.6 is 0 Å². The quantitative estimate of drug-likeness (QED) is 0.796. The Hall–Kier alpha value is -0.820. The van der Waals surface area contributed by atoms with Gasteiger partial charge in [-0.1, -0.05) is 58.9 Å². The van der Waals surface area contributed by atoms with E-state index < -0.39 is 0 Å². The predicted octanol–water partition coefficient (Wildman–Crippen LogP) is 4.36. The van der Waals surface area contributed by atoms with Crippen molar-refractivity contribution in [2.45, 2.75) is 46.6 Å². The van der Waals surface area contributed by atoms with Crippen molar-refractivity contribution in [1.29, 1.82) is 0 Å². The van der Waals surface area contributed by atoms with Crippen molar-refractivity contribution in [1.82, 2.24) is 5.32 Å². The Kier molecular flexibility index (Phi) is 5.20. The first-order chi connectivity index (χ1) is 7.97. The second kappa shape index (κ2) is 6.20. The molecule has 96 valence electrons. The Morgan fingerprint density at radius 1 is 0.824 bits per heavy atom. The molecule has 1 rings (SSSR count). The molecule has 0 saturated heterocycles. The summed E-state index contributed by atoms with van der Waals surface area (Å²) in [5.74, 6) is 1.95. The number of hydrogen-bond acceptors (Lipinski definition) is 1. The molecule has 0 amide bonds. The number of rotatable bonds is 5. The van der Waals surface area contributed by atoms with E-state index in [1.807, 2.05) is 0 Å². The Bertz CT molecular complexity index is 324. The fourth-order valence-electron chi connectivity index (χ4n) is 2.21. The summed E-state index contributed by atoms with van der Waals surface area (Å²) in [5.41, 5.74) is 2.82. The van der Waals surface area contributed by atoms with Gasteiger partial charge in [-0.3, -0.25) is 0 Å². The first-order valence-electron chi connectivity index (χ1n) is 6.74. The third kappa shape index (κ3) is 3.57. The summed E-state index contributed by atoms with van der Waals surface area (Å²) in [5, 5.41) is 3.45. The van der Waals surface area contributed by atoms with Crippen LogP contribution in [0, 0.1) is 11.8 Å². The van der Waals surface area contributed by atoms with Gasteiger partial charge in [0, 0.05) is 6.04 Å². The van der Waals surface area contributed by atoms with Gasteiger partial charge >= 0.3 is 0 Å². The molecule has 1 aromatic rings. The molecule has 1 N–H and O–H groups in total. The van der Waals surface area contributed by atoms with Crippen LogP contribution in [0.3, 0.4) is 0 Å². The molecular formula is C16H27N. The first kappa shape index (κ1) is 14.2. The number of benzene rings is 1. The maximum Gasteiger partial charge on any atom is 0.0345 e. The summed E-state index contributed by atoms with van der Waals surface area (Å²) in [6, 6.07) is 9.52. The van der Waals surface area contributed by atoms with E-state index in [9.17, 15) is 0 Å². The first-order valence-corrected chi connectivity index (χ1v) is 6.74. The molecule has 0 fully saturated rings. The number of nitrogens with one attached hydrogen (secondary N) is 1. The zero-order valence-corrected chi connectivity index (χ0v) is 12.1. The third-order valence-electron chi connectivity index (χ3n) is 3.85. The molecule has 1 nitrogen and oxygen atoms in total. The van der Waals surface area contributed by atoms with Gasteiger partial charge in [-0.25, -0.2) is 0 Å². The van der Waals surface area contributed by atoms with Gasteiger partial charge in [-0.15, -0.1) is 0 Å².